The zero-order chi connectivity index (χ0) is 10.6. The van der Waals surface area contributed by atoms with Gasteiger partial charge in [-0.25, -0.2) is 0 Å². The second-order valence-corrected chi connectivity index (χ2v) is 3.36. The summed E-state index contributed by atoms with van der Waals surface area (Å²) in [5.41, 5.74) is 0.918. The Labute approximate surface area is 92.1 Å². The van der Waals surface area contributed by atoms with Crippen LogP contribution in [0.2, 0.25) is 0 Å². The monoisotopic (exact) mass is 230 g/mol. The fourth-order valence-corrected chi connectivity index (χ4v) is 1.03. The van der Waals surface area contributed by atoms with Crippen LogP contribution in [-0.2, 0) is 4.79 Å². The highest BCUT2D eigenvalue weighted by Crippen LogP contribution is 2.22. The second-order valence-electron chi connectivity index (χ2n) is 2.61. The van der Waals surface area contributed by atoms with E-state index >= 15 is 0 Å². The number of carbonyl (C=O) groups excluding carboxylic acids is 1. The number of hydrogen-bond donors (Lipinski definition) is 0. The first-order chi connectivity index (χ1) is 6.65. The molecular formula is C10H8Cl2O2. The van der Waals surface area contributed by atoms with Crippen molar-refractivity contribution in [1.82, 2.24) is 0 Å². The number of halogens is 2. The van der Waals surface area contributed by atoms with Gasteiger partial charge in [-0.2, -0.15) is 0 Å². The van der Waals surface area contributed by atoms with E-state index in [4.69, 9.17) is 27.9 Å². The Morgan fingerprint density at radius 2 is 2.00 bits per heavy atom. The molecule has 0 amide bonds. The Kier molecular flexibility index (Phi) is 3.98. The van der Waals surface area contributed by atoms with Crippen molar-refractivity contribution in [2.75, 3.05) is 0 Å². The van der Waals surface area contributed by atoms with E-state index in [1.807, 2.05) is 19.1 Å². The predicted octanol–water partition coefficient (Wildman–Crippen LogP) is 3.22. The number of rotatable bonds is 3. The molecule has 0 aliphatic rings. The van der Waals surface area contributed by atoms with E-state index in [0.29, 0.717) is 12.0 Å². The molecule has 0 saturated heterocycles. The fraction of sp³-hybridized carbons (Fsp3) is 0.100. The van der Waals surface area contributed by atoms with Crippen LogP contribution in [0.15, 0.2) is 34.5 Å². The second kappa shape index (κ2) is 5.03. The van der Waals surface area contributed by atoms with E-state index in [1.165, 1.54) is 0 Å². The van der Waals surface area contributed by atoms with Gasteiger partial charge >= 0.3 is 0 Å². The van der Waals surface area contributed by atoms with Crippen molar-refractivity contribution in [2.24, 2.45) is 0 Å². The first-order valence-electron chi connectivity index (χ1n) is 3.89. The lowest BCUT2D eigenvalue weighted by Crippen LogP contribution is -1.93. The summed E-state index contributed by atoms with van der Waals surface area (Å²) in [6.07, 6.45) is 0.433. The van der Waals surface area contributed by atoms with E-state index in [0.717, 1.165) is 5.56 Å². The van der Waals surface area contributed by atoms with Crippen molar-refractivity contribution in [2.45, 2.75) is 6.92 Å². The zero-order valence-electron chi connectivity index (χ0n) is 7.46. The summed E-state index contributed by atoms with van der Waals surface area (Å²) < 4.78 is 5.18. The molecule has 1 aromatic carbocycles. The standard InChI is InChI=1S/C10H8Cl2O2/c1-7-4-2-3-5-9(7)14-10(12)8(11)6-13/h2-6H,1H3/b10-8+. The molecule has 1 rings (SSSR count). The van der Waals surface area contributed by atoms with Crippen LogP contribution in [0.5, 0.6) is 5.75 Å². The molecular weight excluding hydrogens is 223 g/mol. The number of para-hydroxylation sites is 1. The van der Waals surface area contributed by atoms with Crippen molar-refractivity contribution in [3.8, 4) is 5.75 Å². The number of hydrogen-bond acceptors (Lipinski definition) is 2. The maximum atomic E-state index is 10.3. The molecule has 0 atom stereocenters. The summed E-state index contributed by atoms with van der Waals surface area (Å²) in [5, 5.41) is -0.258. The molecule has 74 valence electrons. The Hall–Kier alpha value is -0.990. The zero-order valence-corrected chi connectivity index (χ0v) is 8.97. The molecule has 0 bridgehead atoms. The summed E-state index contributed by atoms with van der Waals surface area (Å²) in [5.74, 6) is 0.581. The topological polar surface area (TPSA) is 26.3 Å². The number of benzene rings is 1. The number of aryl methyl sites for hydroxylation is 1. The van der Waals surface area contributed by atoms with Crippen LogP contribution in [0.4, 0.5) is 0 Å². The fourth-order valence-electron chi connectivity index (χ4n) is 0.863. The van der Waals surface area contributed by atoms with Crippen LogP contribution < -0.4 is 4.74 Å². The van der Waals surface area contributed by atoms with Crippen molar-refractivity contribution in [3.63, 3.8) is 0 Å². The smallest absolute Gasteiger partial charge is 0.215 e. The van der Waals surface area contributed by atoms with Gasteiger partial charge in [-0.3, -0.25) is 4.79 Å². The van der Waals surface area contributed by atoms with Gasteiger partial charge in [0, 0.05) is 0 Å². The van der Waals surface area contributed by atoms with Gasteiger partial charge in [-0.1, -0.05) is 29.8 Å². The molecule has 4 heteroatoms. The molecule has 0 spiro atoms. The van der Waals surface area contributed by atoms with Crippen LogP contribution in [-0.4, -0.2) is 6.29 Å². The first kappa shape index (κ1) is 11.1. The van der Waals surface area contributed by atoms with E-state index in [9.17, 15) is 4.79 Å². The highest BCUT2D eigenvalue weighted by atomic mass is 35.5. The van der Waals surface area contributed by atoms with Gasteiger partial charge in [0.1, 0.15) is 10.8 Å². The molecule has 1 aromatic rings. The molecule has 2 nitrogen and oxygen atoms in total. The summed E-state index contributed by atoms with van der Waals surface area (Å²) in [4.78, 5) is 10.3. The van der Waals surface area contributed by atoms with Gasteiger partial charge in [-0.05, 0) is 30.2 Å². The van der Waals surface area contributed by atoms with E-state index < -0.39 is 0 Å². The highest BCUT2D eigenvalue weighted by molar-refractivity contribution is 6.44. The van der Waals surface area contributed by atoms with Crippen LogP contribution >= 0.6 is 23.2 Å². The number of allylic oxidation sites excluding steroid dienone is 1. The third-order valence-electron chi connectivity index (χ3n) is 1.58. The summed E-state index contributed by atoms with van der Waals surface area (Å²) >= 11 is 11.1. The van der Waals surface area contributed by atoms with Crippen molar-refractivity contribution < 1.29 is 9.53 Å². The van der Waals surface area contributed by atoms with Crippen LogP contribution in [0.1, 0.15) is 5.56 Å². The van der Waals surface area contributed by atoms with Crippen LogP contribution in [0.25, 0.3) is 0 Å². The number of carbonyl (C=O) groups is 1. The predicted molar refractivity (Wildman–Crippen MR) is 56.6 cm³/mol. The number of ether oxygens (including phenoxy) is 1. The molecule has 0 unspecified atom stereocenters. The minimum absolute atomic E-state index is 0.115. The Morgan fingerprint density at radius 1 is 1.36 bits per heavy atom. The molecule has 0 aliphatic carbocycles. The molecule has 0 radical (unpaired) electrons. The average Bonchev–Trinajstić information content (AvgIpc) is 2.20. The molecule has 0 N–H and O–H groups in total. The first-order valence-corrected chi connectivity index (χ1v) is 4.64. The molecule has 14 heavy (non-hydrogen) atoms. The highest BCUT2D eigenvalue weighted by Gasteiger charge is 2.05. The lowest BCUT2D eigenvalue weighted by atomic mass is 10.2. The van der Waals surface area contributed by atoms with Gasteiger partial charge in [-0.15, -0.1) is 0 Å². The molecule has 0 aromatic heterocycles. The van der Waals surface area contributed by atoms with Gasteiger partial charge < -0.3 is 4.74 Å². The lowest BCUT2D eigenvalue weighted by molar-refractivity contribution is -0.104. The van der Waals surface area contributed by atoms with Crippen LogP contribution in [0.3, 0.4) is 0 Å². The SMILES string of the molecule is Cc1ccccc1O/C(Cl)=C(/Cl)C=O. The van der Waals surface area contributed by atoms with Crippen molar-refractivity contribution >= 4 is 29.5 Å². The van der Waals surface area contributed by atoms with E-state index in [1.54, 1.807) is 12.1 Å². The molecule has 0 saturated carbocycles. The minimum Gasteiger partial charge on any atom is -0.443 e. The van der Waals surface area contributed by atoms with Gasteiger partial charge in [0.2, 0.25) is 5.22 Å². The number of aldehydes is 1. The third kappa shape index (κ3) is 2.76. The maximum Gasteiger partial charge on any atom is 0.215 e. The Balaban J connectivity index is 2.90. The van der Waals surface area contributed by atoms with Crippen molar-refractivity contribution in [1.29, 1.82) is 0 Å². The van der Waals surface area contributed by atoms with Gasteiger partial charge in [0.05, 0.1) is 0 Å². The Morgan fingerprint density at radius 3 is 2.57 bits per heavy atom. The molecule has 0 heterocycles. The molecule has 0 aliphatic heterocycles. The maximum absolute atomic E-state index is 10.3. The largest absolute Gasteiger partial charge is 0.443 e. The summed E-state index contributed by atoms with van der Waals surface area (Å²) in [6.45, 7) is 1.87. The summed E-state index contributed by atoms with van der Waals surface area (Å²) in [6, 6.07) is 7.30. The van der Waals surface area contributed by atoms with Crippen LogP contribution in [0, 0.1) is 6.92 Å². The normalized spacial score (nSPS) is 11.9. The van der Waals surface area contributed by atoms with E-state index in [-0.39, 0.29) is 10.3 Å². The van der Waals surface area contributed by atoms with Gasteiger partial charge in [0.15, 0.2) is 6.29 Å². The summed E-state index contributed by atoms with van der Waals surface area (Å²) in [7, 11) is 0. The van der Waals surface area contributed by atoms with Crippen molar-refractivity contribution in [3.05, 3.63) is 40.1 Å². The quantitative estimate of drug-likeness (QED) is 0.453. The Bertz CT molecular complexity index is 372. The van der Waals surface area contributed by atoms with Gasteiger partial charge in [0.25, 0.3) is 0 Å². The van der Waals surface area contributed by atoms with E-state index in [2.05, 4.69) is 0 Å². The average molecular weight is 231 g/mol. The lowest BCUT2D eigenvalue weighted by Gasteiger charge is -2.06. The third-order valence-corrected chi connectivity index (χ3v) is 2.22. The minimum atomic E-state index is -0.144. The molecule has 0 fully saturated rings.